The van der Waals surface area contributed by atoms with Crippen LogP contribution in [-0.2, 0) is 13.1 Å². The number of aryl methyl sites for hydroxylation is 1. The van der Waals surface area contributed by atoms with Crippen LogP contribution in [0.4, 0.5) is 8.78 Å². The molecular weight excluding hydrogens is 408 g/mol. The van der Waals surface area contributed by atoms with E-state index < -0.39 is 17.5 Å². The third-order valence-electron chi connectivity index (χ3n) is 5.05. The number of nitrogens with zero attached hydrogens (tertiary/aromatic N) is 3. The van der Waals surface area contributed by atoms with E-state index in [2.05, 4.69) is 13.8 Å². The Kier molecular flexibility index (Phi) is 7.43. The summed E-state index contributed by atoms with van der Waals surface area (Å²) in [6, 6.07) is 8.45. The van der Waals surface area contributed by atoms with E-state index in [4.69, 9.17) is 16.6 Å². The van der Waals surface area contributed by atoms with Crippen molar-refractivity contribution in [3.8, 4) is 0 Å². The van der Waals surface area contributed by atoms with Crippen molar-refractivity contribution in [2.24, 2.45) is 0 Å². The molecule has 0 bridgehead atoms. The first-order valence-corrected chi connectivity index (χ1v) is 10.7. The van der Waals surface area contributed by atoms with Gasteiger partial charge in [-0.2, -0.15) is 0 Å². The average Bonchev–Trinajstić information content (AvgIpc) is 3.05. The van der Waals surface area contributed by atoms with Gasteiger partial charge in [-0.15, -0.1) is 0 Å². The van der Waals surface area contributed by atoms with Crippen LogP contribution in [0.25, 0.3) is 11.0 Å². The minimum absolute atomic E-state index is 0.213. The van der Waals surface area contributed by atoms with Crippen molar-refractivity contribution < 1.29 is 13.6 Å². The second kappa shape index (κ2) is 10.0. The molecule has 30 heavy (non-hydrogen) atoms. The van der Waals surface area contributed by atoms with Gasteiger partial charge < -0.3 is 9.47 Å². The highest BCUT2D eigenvalue weighted by Gasteiger charge is 2.22. The van der Waals surface area contributed by atoms with Gasteiger partial charge in [-0.05, 0) is 49.2 Å². The summed E-state index contributed by atoms with van der Waals surface area (Å²) < 4.78 is 30.0. The average molecular weight is 434 g/mol. The molecule has 0 atom stereocenters. The number of amides is 1. The maximum Gasteiger partial charge on any atom is 0.257 e. The summed E-state index contributed by atoms with van der Waals surface area (Å²) in [5, 5.41) is 0.615. The number of fused-ring (bicyclic) bond motifs is 1. The molecule has 160 valence electrons. The van der Waals surface area contributed by atoms with Crippen LogP contribution in [0.1, 0.15) is 55.7 Å². The predicted molar refractivity (Wildman–Crippen MR) is 116 cm³/mol. The molecule has 0 aliphatic carbocycles. The van der Waals surface area contributed by atoms with E-state index in [-0.39, 0.29) is 12.1 Å². The van der Waals surface area contributed by atoms with Crippen molar-refractivity contribution in [2.75, 3.05) is 6.54 Å². The first-order chi connectivity index (χ1) is 14.4. The molecule has 7 heteroatoms. The number of hydrogen-bond donors (Lipinski definition) is 0. The van der Waals surface area contributed by atoms with Gasteiger partial charge in [-0.1, -0.05) is 38.3 Å². The van der Waals surface area contributed by atoms with E-state index >= 15 is 0 Å². The number of aromatic nitrogens is 2. The summed E-state index contributed by atoms with van der Waals surface area (Å²) in [6.07, 6.45) is 3.59. The van der Waals surface area contributed by atoms with E-state index in [1.54, 1.807) is 11.0 Å². The normalized spacial score (nSPS) is 11.2. The largest absolute Gasteiger partial charge is 0.331 e. The summed E-state index contributed by atoms with van der Waals surface area (Å²) in [5.41, 5.74) is 1.44. The van der Waals surface area contributed by atoms with Crippen LogP contribution in [0, 0.1) is 11.6 Å². The van der Waals surface area contributed by atoms with Crippen molar-refractivity contribution in [1.29, 1.82) is 0 Å². The molecule has 3 aromatic rings. The van der Waals surface area contributed by atoms with Crippen molar-refractivity contribution >= 4 is 28.5 Å². The lowest BCUT2D eigenvalue weighted by Crippen LogP contribution is -2.33. The highest BCUT2D eigenvalue weighted by Crippen LogP contribution is 2.23. The number of hydrogen-bond acceptors (Lipinski definition) is 2. The lowest BCUT2D eigenvalue weighted by molar-refractivity contribution is 0.0728. The van der Waals surface area contributed by atoms with Gasteiger partial charge in [0.2, 0.25) is 0 Å². The molecule has 0 unspecified atom stereocenters. The van der Waals surface area contributed by atoms with Gasteiger partial charge in [0.05, 0.1) is 23.1 Å². The monoisotopic (exact) mass is 433 g/mol. The number of rotatable bonds is 9. The quantitative estimate of drug-likeness (QED) is 0.376. The minimum atomic E-state index is -0.726. The van der Waals surface area contributed by atoms with Gasteiger partial charge in [0.25, 0.3) is 5.91 Å². The number of carbonyl (C=O) groups is 1. The molecule has 0 saturated heterocycles. The number of imidazole rings is 1. The molecule has 0 radical (unpaired) electrons. The third-order valence-corrected chi connectivity index (χ3v) is 5.28. The molecule has 0 saturated carbocycles. The Morgan fingerprint density at radius 1 is 1.10 bits per heavy atom. The Morgan fingerprint density at radius 3 is 2.63 bits per heavy atom. The molecule has 0 fully saturated rings. The molecule has 3 rings (SSSR count). The lowest BCUT2D eigenvalue weighted by atomic mass is 10.1. The second-order valence-corrected chi connectivity index (χ2v) is 7.81. The molecule has 0 N–H and O–H groups in total. The fourth-order valence-electron chi connectivity index (χ4n) is 3.55. The predicted octanol–water partition coefficient (Wildman–Crippen LogP) is 6.21. The van der Waals surface area contributed by atoms with Crippen LogP contribution in [0.2, 0.25) is 5.02 Å². The molecule has 1 amide bonds. The number of carbonyl (C=O) groups excluding carboxylic acids is 1. The molecule has 0 spiro atoms. The Morgan fingerprint density at radius 2 is 1.90 bits per heavy atom. The summed E-state index contributed by atoms with van der Waals surface area (Å²) in [7, 11) is 0. The standard InChI is InChI=1S/C23H26ClF2N3O/c1-3-5-6-12-28(23(30)18-14-17(25)8-9-19(18)26)15-22-27-20-10-7-16(24)13-21(20)29(22)11-4-2/h7-10,13-14H,3-6,11-12,15H2,1-2H3. The van der Waals surface area contributed by atoms with Crippen LogP contribution in [0.5, 0.6) is 0 Å². The summed E-state index contributed by atoms with van der Waals surface area (Å²) in [4.78, 5) is 19.4. The van der Waals surface area contributed by atoms with E-state index in [0.717, 1.165) is 61.5 Å². The SMILES string of the molecule is CCCCCN(Cc1nc2ccc(Cl)cc2n1CCC)C(=O)c1cc(F)ccc1F. The number of unbranched alkanes of at least 4 members (excludes halogenated alkanes) is 2. The second-order valence-electron chi connectivity index (χ2n) is 7.37. The van der Waals surface area contributed by atoms with Gasteiger partial charge in [0, 0.05) is 18.1 Å². The van der Waals surface area contributed by atoms with Gasteiger partial charge in [0.15, 0.2) is 0 Å². The first-order valence-electron chi connectivity index (χ1n) is 10.3. The van der Waals surface area contributed by atoms with Gasteiger partial charge in [0.1, 0.15) is 17.5 Å². The fourth-order valence-corrected chi connectivity index (χ4v) is 3.71. The number of benzene rings is 2. The number of halogens is 3. The molecule has 0 aliphatic rings. The topological polar surface area (TPSA) is 38.1 Å². The Bertz CT molecular complexity index is 1030. The van der Waals surface area contributed by atoms with E-state index in [9.17, 15) is 13.6 Å². The van der Waals surface area contributed by atoms with Crippen LogP contribution in [0.3, 0.4) is 0 Å². The molecule has 2 aromatic carbocycles. The zero-order chi connectivity index (χ0) is 21.7. The van der Waals surface area contributed by atoms with E-state index in [0.29, 0.717) is 17.4 Å². The van der Waals surface area contributed by atoms with Crippen LogP contribution < -0.4 is 0 Å². The lowest BCUT2D eigenvalue weighted by Gasteiger charge is -2.23. The summed E-state index contributed by atoms with van der Waals surface area (Å²) in [6.45, 7) is 5.51. The fraction of sp³-hybridized carbons (Fsp3) is 0.391. The van der Waals surface area contributed by atoms with E-state index in [1.807, 2.05) is 16.7 Å². The van der Waals surface area contributed by atoms with Gasteiger partial charge >= 0.3 is 0 Å². The molecule has 1 heterocycles. The Balaban J connectivity index is 1.98. The zero-order valence-electron chi connectivity index (χ0n) is 17.3. The highest BCUT2D eigenvalue weighted by atomic mass is 35.5. The maximum atomic E-state index is 14.3. The highest BCUT2D eigenvalue weighted by molar-refractivity contribution is 6.31. The third kappa shape index (κ3) is 4.98. The zero-order valence-corrected chi connectivity index (χ0v) is 18.1. The molecule has 0 aliphatic heterocycles. The Labute approximate surface area is 180 Å². The maximum absolute atomic E-state index is 14.3. The van der Waals surface area contributed by atoms with Crippen molar-refractivity contribution in [1.82, 2.24) is 14.5 Å². The molecular formula is C23H26ClF2N3O. The first kappa shape index (κ1) is 22.2. The minimum Gasteiger partial charge on any atom is -0.331 e. The van der Waals surface area contributed by atoms with Crippen LogP contribution >= 0.6 is 11.6 Å². The van der Waals surface area contributed by atoms with Crippen LogP contribution in [0.15, 0.2) is 36.4 Å². The van der Waals surface area contributed by atoms with Crippen LogP contribution in [-0.4, -0.2) is 26.9 Å². The van der Waals surface area contributed by atoms with Gasteiger partial charge in [-0.3, -0.25) is 4.79 Å². The Hall–Kier alpha value is -2.47. The van der Waals surface area contributed by atoms with Crippen molar-refractivity contribution in [2.45, 2.75) is 52.6 Å². The van der Waals surface area contributed by atoms with Gasteiger partial charge in [-0.25, -0.2) is 13.8 Å². The molecule has 1 aromatic heterocycles. The smallest absolute Gasteiger partial charge is 0.257 e. The van der Waals surface area contributed by atoms with Crippen molar-refractivity contribution in [3.63, 3.8) is 0 Å². The summed E-state index contributed by atoms with van der Waals surface area (Å²) in [5.74, 6) is -1.19. The summed E-state index contributed by atoms with van der Waals surface area (Å²) >= 11 is 6.17. The molecule has 4 nitrogen and oxygen atoms in total. The van der Waals surface area contributed by atoms with E-state index in [1.165, 1.54) is 0 Å². The van der Waals surface area contributed by atoms with Crippen molar-refractivity contribution in [3.05, 3.63) is 64.4 Å².